The number of nitrogens with one attached hydrogen (secondary N) is 1. The molecule has 2 aromatic carbocycles. The van der Waals surface area contributed by atoms with Gasteiger partial charge in [-0.2, -0.15) is 0 Å². The SMILES string of the molecule is Cc1cc(C)c(NC(=O)Cn2c(=O)c3c(C)cc(C)nc3n(-c3ccccc3)c2=O)c(C)c1. The van der Waals surface area contributed by atoms with Crippen molar-refractivity contribution in [2.45, 2.75) is 41.2 Å². The predicted octanol–water partition coefficient (Wildman–Crippen LogP) is 3.73. The minimum absolute atomic E-state index is 0.288. The van der Waals surface area contributed by atoms with Crippen LogP contribution in [0.3, 0.4) is 0 Å². The number of anilines is 1. The highest BCUT2D eigenvalue weighted by atomic mass is 16.2. The number of carbonyl (C=O) groups is 1. The van der Waals surface area contributed by atoms with E-state index in [2.05, 4.69) is 10.3 Å². The van der Waals surface area contributed by atoms with Crippen molar-refractivity contribution in [2.24, 2.45) is 0 Å². The van der Waals surface area contributed by atoms with Crippen LogP contribution in [0.5, 0.6) is 0 Å². The molecule has 1 amide bonds. The van der Waals surface area contributed by atoms with Crippen LogP contribution in [-0.2, 0) is 11.3 Å². The highest BCUT2D eigenvalue weighted by Crippen LogP contribution is 2.22. The van der Waals surface area contributed by atoms with Crippen LogP contribution in [0.1, 0.15) is 27.9 Å². The van der Waals surface area contributed by atoms with E-state index in [1.807, 2.05) is 52.8 Å². The molecule has 0 spiro atoms. The lowest BCUT2D eigenvalue weighted by molar-refractivity contribution is -0.116. The number of nitrogens with zero attached hydrogens (tertiary/aromatic N) is 3. The zero-order valence-electron chi connectivity index (χ0n) is 19.4. The molecule has 0 bridgehead atoms. The highest BCUT2D eigenvalue weighted by molar-refractivity contribution is 5.92. The number of hydrogen-bond donors (Lipinski definition) is 1. The lowest BCUT2D eigenvalue weighted by Crippen LogP contribution is -2.42. The fourth-order valence-corrected chi connectivity index (χ4v) is 4.33. The molecule has 0 saturated carbocycles. The first-order valence-electron chi connectivity index (χ1n) is 10.7. The van der Waals surface area contributed by atoms with Gasteiger partial charge in [-0.15, -0.1) is 0 Å². The van der Waals surface area contributed by atoms with E-state index in [9.17, 15) is 14.4 Å². The Bertz CT molecular complexity index is 1490. The summed E-state index contributed by atoms with van der Waals surface area (Å²) in [6.07, 6.45) is 0. The molecule has 4 aromatic rings. The Morgan fingerprint density at radius 3 is 2.18 bits per heavy atom. The molecule has 0 radical (unpaired) electrons. The Morgan fingerprint density at radius 1 is 0.909 bits per heavy atom. The van der Waals surface area contributed by atoms with E-state index >= 15 is 0 Å². The van der Waals surface area contributed by atoms with Crippen LogP contribution in [0.2, 0.25) is 0 Å². The molecule has 168 valence electrons. The van der Waals surface area contributed by atoms with E-state index in [-0.39, 0.29) is 5.65 Å². The van der Waals surface area contributed by atoms with Crippen LogP contribution in [0, 0.1) is 34.6 Å². The van der Waals surface area contributed by atoms with Crippen LogP contribution < -0.4 is 16.6 Å². The van der Waals surface area contributed by atoms with Gasteiger partial charge in [-0.25, -0.2) is 18.9 Å². The van der Waals surface area contributed by atoms with Crippen LogP contribution in [0.4, 0.5) is 5.69 Å². The molecule has 33 heavy (non-hydrogen) atoms. The molecular weight excluding hydrogens is 416 g/mol. The number of carbonyl (C=O) groups excluding carboxylic acids is 1. The monoisotopic (exact) mass is 442 g/mol. The van der Waals surface area contributed by atoms with Gasteiger partial charge in [0.15, 0.2) is 5.65 Å². The number of para-hydroxylation sites is 1. The molecular formula is C26H26N4O3. The van der Waals surface area contributed by atoms with Crippen molar-refractivity contribution in [3.05, 3.63) is 97.3 Å². The van der Waals surface area contributed by atoms with E-state index in [4.69, 9.17) is 0 Å². The summed E-state index contributed by atoms with van der Waals surface area (Å²) in [6.45, 7) is 9.04. The Labute approximate surface area is 191 Å². The van der Waals surface area contributed by atoms with Crippen molar-refractivity contribution in [1.82, 2.24) is 14.1 Å². The van der Waals surface area contributed by atoms with Crippen LogP contribution in [0.15, 0.2) is 58.1 Å². The minimum Gasteiger partial charge on any atom is -0.324 e. The molecule has 7 nitrogen and oxygen atoms in total. The third kappa shape index (κ3) is 4.09. The number of benzene rings is 2. The van der Waals surface area contributed by atoms with Crippen molar-refractivity contribution in [3.8, 4) is 5.69 Å². The van der Waals surface area contributed by atoms with Crippen LogP contribution in [-0.4, -0.2) is 20.0 Å². The zero-order valence-corrected chi connectivity index (χ0v) is 19.4. The number of aryl methyl sites for hydroxylation is 5. The lowest BCUT2D eigenvalue weighted by atomic mass is 10.1. The Kier molecular flexibility index (Phi) is 5.72. The number of amides is 1. The summed E-state index contributed by atoms with van der Waals surface area (Å²) in [5.41, 5.74) is 4.75. The summed E-state index contributed by atoms with van der Waals surface area (Å²) in [4.78, 5) is 44.3. The summed E-state index contributed by atoms with van der Waals surface area (Å²) in [5, 5.41) is 3.20. The van der Waals surface area contributed by atoms with Crippen molar-refractivity contribution in [2.75, 3.05) is 5.32 Å². The maximum Gasteiger partial charge on any atom is 0.337 e. The number of hydrogen-bond acceptors (Lipinski definition) is 4. The van der Waals surface area contributed by atoms with Crippen LogP contribution in [0.25, 0.3) is 16.7 Å². The molecule has 7 heteroatoms. The fraction of sp³-hybridized carbons (Fsp3) is 0.231. The Morgan fingerprint density at radius 2 is 1.55 bits per heavy atom. The van der Waals surface area contributed by atoms with Gasteiger partial charge in [0.1, 0.15) is 6.54 Å². The first kappa shape index (κ1) is 22.2. The first-order chi connectivity index (χ1) is 15.7. The summed E-state index contributed by atoms with van der Waals surface area (Å²) < 4.78 is 2.37. The first-order valence-corrected chi connectivity index (χ1v) is 10.7. The smallest absolute Gasteiger partial charge is 0.324 e. The summed E-state index contributed by atoms with van der Waals surface area (Å²) in [6, 6.07) is 14.8. The quantitative estimate of drug-likeness (QED) is 0.522. The second kappa shape index (κ2) is 8.50. The second-order valence-corrected chi connectivity index (χ2v) is 8.45. The van der Waals surface area contributed by atoms with Gasteiger partial charge in [-0.3, -0.25) is 9.59 Å². The summed E-state index contributed by atoms with van der Waals surface area (Å²) in [5.74, 6) is -0.444. The van der Waals surface area contributed by atoms with Gasteiger partial charge in [0, 0.05) is 11.4 Å². The molecule has 0 aliphatic heterocycles. The number of fused-ring (bicyclic) bond motifs is 1. The standard InChI is InChI=1S/C26H26N4O3/c1-15-11-17(3)23(18(4)12-15)28-21(31)14-29-25(32)22-16(2)13-19(5)27-24(22)30(26(29)33)20-9-7-6-8-10-20/h6-13H,14H2,1-5H3,(H,28,31). The van der Waals surface area contributed by atoms with E-state index in [1.165, 1.54) is 4.57 Å². The molecule has 2 heterocycles. The maximum atomic E-state index is 13.5. The van der Waals surface area contributed by atoms with Gasteiger partial charge in [0.05, 0.1) is 11.1 Å². The molecule has 1 N–H and O–H groups in total. The largest absolute Gasteiger partial charge is 0.337 e. The van der Waals surface area contributed by atoms with Gasteiger partial charge < -0.3 is 5.32 Å². The number of pyridine rings is 1. The average molecular weight is 443 g/mol. The number of rotatable bonds is 4. The third-order valence-corrected chi connectivity index (χ3v) is 5.68. The molecule has 0 aliphatic carbocycles. The van der Waals surface area contributed by atoms with E-state index in [0.29, 0.717) is 28.0 Å². The predicted molar refractivity (Wildman–Crippen MR) is 130 cm³/mol. The van der Waals surface area contributed by atoms with E-state index < -0.39 is 23.7 Å². The van der Waals surface area contributed by atoms with Crippen molar-refractivity contribution in [3.63, 3.8) is 0 Å². The van der Waals surface area contributed by atoms with Gasteiger partial charge >= 0.3 is 5.69 Å². The number of aromatic nitrogens is 3. The van der Waals surface area contributed by atoms with Crippen molar-refractivity contribution in [1.29, 1.82) is 0 Å². The van der Waals surface area contributed by atoms with Crippen LogP contribution >= 0.6 is 0 Å². The van der Waals surface area contributed by atoms with Crippen molar-refractivity contribution < 1.29 is 4.79 Å². The molecule has 0 unspecified atom stereocenters. The molecule has 0 aliphatic rings. The fourth-order valence-electron chi connectivity index (χ4n) is 4.33. The van der Waals surface area contributed by atoms with Gasteiger partial charge in [-0.1, -0.05) is 35.9 Å². The zero-order chi connectivity index (χ0) is 23.9. The normalized spacial score (nSPS) is 11.1. The summed E-state index contributed by atoms with van der Waals surface area (Å²) in [7, 11) is 0. The van der Waals surface area contributed by atoms with Gasteiger partial charge in [0.25, 0.3) is 5.56 Å². The topological polar surface area (TPSA) is 86.0 Å². The van der Waals surface area contributed by atoms with E-state index in [0.717, 1.165) is 21.3 Å². The molecule has 0 saturated heterocycles. The van der Waals surface area contributed by atoms with Crippen molar-refractivity contribution >= 4 is 22.6 Å². The highest BCUT2D eigenvalue weighted by Gasteiger charge is 2.20. The van der Waals surface area contributed by atoms with E-state index in [1.54, 1.807) is 30.3 Å². The Balaban J connectivity index is 1.88. The molecule has 4 rings (SSSR count). The minimum atomic E-state index is -0.608. The summed E-state index contributed by atoms with van der Waals surface area (Å²) >= 11 is 0. The van der Waals surface area contributed by atoms with Gasteiger partial charge in [-0.05, 0) is 69.5 Å². The Hall–Kier alpha value is -4.00. The second-order valence-electron chi connectivity index (χ2n) is 8.45. The average Bonchev–Trinajstić information content (AvgIpc) is 2.74. The molecule has 0 fully saturated rings. The van der Waals surface area contributed by atoms with Gasteiger partial charge in [0.2, 0.25) is 5.91 Å². The maximum absolute atomic E-state index is 13.5. The lowest BCUT2D eigenvalue weighted by Gasteiger charge is -2.16. The molecule has 0 atom stereocenters. The molecule has 2 aromatic heterocycles. The third-order valence-electron chi connectivity index (χ3n) is 5.68.